The first-order valence-corrected chi connectivity index (χ1v) is 15.8. The Morgan fingerprint density at radius 1 is 1.17 bits per heavy atom. The van der Waals surface area contributed by atoms with Crippen molar-refractivity contribution in [2.24, 2.45) is 11.7 Å². The minimum Gasteiger partial charge on any atom is -0.493 e. The number of hydrogen-bond acceptors (Lipinski definition) is 9. The van der Waals surface area contributed by atoms with Crippen molar-refractivity contribution >= 4 is 29.5 Å². The summed E-state index contributed by atoms with van der Waals surface area (Å²) in [5.41, 5.74) is 8.20. The van der Waals surface area contributed by atoms with E-state index in [1.807, 2.05) is 29.2 Å². The van der Waals surface area contributed by atoms with Gasteiger partial charge in [-0.2, -0.15) is 0 Å². The number of urea groups is 1. The lowest BCUT2D eigenvalue weighted by atomic mass is 9.84. The summed E-state index contributed by atoms with van der Waals surface area (Å²) in [6.07, 6.45) is 2.05. The van der Waals surface area contributed by atoms with Crippen LogP contribution in [0.5, 0.6) is 17.2 Å². The molecule has 13 nitrogen and oxygen atoms in total. The normalized spacial score (nSPS) is 21.2. The average molecular weight is 638 g/mol. The number of hydrogen-bond donors (Lipinski definition) is 2. The van der Waals surface area contributed by atoms with Crippen molar-refractivity contribution in [1.29, 1.82) is 0 Å². The fraction of sp³-hybridized carbons (Fsp3) is 0.515. The van der Waals surface area contributed by atoms with Crippen molar-refractivity contribution in [3.05, 3.63) is 47.5 Å². The van der Waals surface area contributed by atoms with Crippen molar-refractivity contribution in [1.82, 2.24) is 14.7 Å². The molecule has 3 aliphatic heterocycles. The summed E-state index contributed by atoms with van der Waals surface area (Å²) in [5.74, 6) is -1.65. The number of fused-ring (bicyclic) bond motifs is 1. The zero-order valence-corrected chi connectivity index (χ0v) is 26.6. The van der Waals surface area contributed by atoms with Crippen LogP contribution >= 0.6 is 0 Å². The monoisotopic (exact) mass is 637 g/mol. The summed E-state index contributed by atoms with van der Waals surface area (Å²) < 4.78 is 16.7. The summed E-state index contributed by atoms with van der Waals surface area (Å²) >= 11 is 0. The highest BCUT2D eigenvalue weighted by atomic mass is 16.7. The number of carbonyl (C=O) groups is 4. The first kappa shape index (κ1) is 33.0. The topological polar surface area (TPSA) is 155 Å². The van der Waals surface area contributed by atoms with Gasteiger partial charge in [0.1, 0.15) is 0 Å². The number of amides is 4. The summed E-state index contributed by atoms with van der Waals surface area (Å²) in [5, 5.41) is 10.7. The third-order valence-electron chi connectivity index (χ3n) is 9.14. The molecule has 0 spiro atoms. The minimum absolute atomic E-state index is 0.0245. The van der Waals surface area contributed by atoms with Gasteiger partial charge in [-0.25, -0.2) is 4.79 Å². The summed E-state index contributed by atoms with van der Waals surface area (Å²) in [6, 6.07) is 10.0. The number of rotatable bonds is 13. The Labute approximate surface area is 268 Å². The van der Waals surface area contributed by atoms with Crippen LogP contribution in [0.25, 0.3) is 0 Å². The van der Waals surface area contributed by atoms with Crippen molar-refractivity contribution in [2.45, 2.75) is 51.1 Å². The molecule has 248 valence electrons. The second kappa shape index (κ2) is 14.4. The van der Waals surface area contributed by atoms with Crippen LogP contribution in [0.2, 0.25) is 0 Å². The summed E-state index contributed by atoms with van der Waals surface area (Å²) in [4.78, 5) is 59.0. The highest BCUT2D eigenvalue weighted by Gasteiger charge is 2.48. The summed E-state index contributed by atoms with van der Waals surface area (Å²) in [6.45, 7) is 3.49. The fourth-order valence-corrected chi connectivity index (χ4v) is 6.67. The van der Waals surface area contributed by atoms with Crippen molar-refractivity contribution in [3.8, 4) is 17.2 Å². The fourth-order valence-electron chi connectivity index (χ4n) is 6.67. The second-order valence-electron chi connectivity index (χ2n) is 12.0. The van der Waals surface area contributed by atoms with Gasteiger partial charge in [0, 0.05) is 63.8 Å². The van der Waals surface area contributed by atoms with Gasteiger partial charge in [0.05, 0.1) is 19.6 Å². The molecular weight excluding hydrogens is 594 g/mol. The lowest BCUT2D eigenvalue weighted by Crippen LogP contribution is -2.52. The molecule has 13 heteroatoms. The molecule has 0 saturated carbocycles. The van der Waals surface area contributed by atoms with E-state index in [9.17, 15) is 24.3 Å². The Kier molecular flexibility index (Phi) is 10.3. The van der Waals surface area contributed by atoms with Crippen LogP contribution in [-0.2, 0) is 20.9 Å². The van der Waals surface area contributed by atoms with Gasteiger partial charge in [-0.05, 0) is 48.2 Å². The van der Waals surface area contributed by atoms with E-state index >= 15 is 0 Å². The van der Waals surface area contributed by atoms with Crippen molar-refractivity contribution in [2.75, 3.05) is 58.6 Å². The molecule has 5 rings (SSSR count). The van der Waals surface area contributed by atoms with Gasteiger partial charge in [0.2, 0.25) is 24.4 Å². The highest BCUT2D eigenvalue weighted by Crippen LogP contribution is 2.47. The van der Waals surface area contributed by atoms with Gasteiger partial charge < -0.3 is 34.9 Å². The van der Waals surface area contributed by atoms with E-state index in [0.717, 1.165) is 24.1 Å². The van der Waals surface area contributed by atoms with Gasteiger partial charge in [0.15, 0.2) is 11.5 Å². The molecule has 2 aromatic rings. The van der Waals surface area contributed by atoms with Gasteiger partial charge in [-0.15, -0.1) is 0 Å². The molecule has 4 amide bonds. The quantitative estimate of drug-likeness (QED) is 0.335. The van der Waals surface area contributed by atoms with Gasteiger partial charge in [-0.1, -0.05) is 25.5 Å². The molecule has 2 saturated heterocycles. The Bertz CT molecular complexity index is 1470. The Balaban J connectivity index is 1.48. The molecule has 0 unspecified atom stereocenters. The van der Waals surface area contributed by atoms with E-state index in [2.05, 4.69) is 6.92 Å². The number of unbranched alkanes of at least 4 members (excludes halogenated alkanes) is 1. The maximum Gasteiger partial charge on any atom is 0.326 e. The Morgan fingerprint density at radius 3 is 2.70 bits per heavy atom. The second-order valence-corrected chi connectivity index (χ2v) is 12.0. The number of benzene rings is 2. The Hall–Kier alpha value is -4.36. The van der Waals surface area contributed by atoms with E-state index < -0.39 is 29.9 Å². The largest absolute Gasteiger partial charge is 0.493 e. The number of carboxylic acid groups (broad SMARTS) is 1. The van der Waals surface area contributed by atoms with Gasteiger partial charge >= 0.3 is 12.0 Å². The minimum atomic E-state index is -1.03. The zero-order chi connectivity index (χ0) is 33.0. The van der Waals surface area contributed by atoms with E-state index in [4.69, 9.17) is 19.9 Å². The van der Waals surface area contributed by atoms with E-state index in [1.165, 1.54) is 16.9 Å². The van der Waals surface area contributed by atoms with Crippen molar-refractivity contribution in [3.63, 3.8) is 0 Å². The number of ether oxygens (including phenoxy) is 3. The van der Waals surface area contributed by atoms with Crippen LogP contribution in [0.15, 0.2) is 36.4 Å². The number of nitrogens with two attached hydrogens (primary N) is 1. The summed E-state index contributed by atoms with van der Waals surface area (Å²) in [7, 11) is 3.14. The third kappa shape index (κ3) is 6.75. The number of carbonyl (C=O) groups excluding carboxylic acids is 3. The average Bonchev–Trinajstić information content (AvgIpc) is 3.67. The molecule has 0 aromatic heterocycles. The maximum absolute atomic E-state index is 14.1. The number of imide groups is 1. The van der Waals surface area contributed by atoms with E-state index in [1.54, 1.807) is 24.1 Å². The molecule has 2 fully saturated rings. The molecule has 3 N–H and O–H groups in total. The molecule has 0 radical (unpaired) electrons. The smallest absolute Gasteiger partial charge is 0.326 e. The van der Waals surface area contributed by atoms with Gasteiger partial charge in [-0.3, -0.25) is 24.2 Å². The Morgan fingerprint density at radius 2 is 1.98 bits per heavy atom. The highest BCUT2D eigenvalue weighted by molar-refractivity contribution is 5.97. The predicted octanol–water partition coefficient (Wildman–Crippen LogP) is 2.86. The number of likely N-dealkylation sites (tertiary alicyclic amines) is 1. The first-order valence-electron chi connectivity index (χ1n) is 15.8. The molecule has 46 heavy (non-hydrogen) atoms. The standard InChI is InChI=1S/C33H43N5O8/c1-4-5-11-37(23-8-6-7-21(14-23)17-34)29(40)19-36-18-24(22-15-26(44-3)31-27(16-22)45-20-46-31)30(32(41)42)25(36)9-13-38-28(39)10-12-35(2)33(38)43/h6-8,14-16,24-25,30H,4-5,9-13,17-20,34H2,1-3H3,(H,41,42)/t24-,25+,30-/m1/s1. The molecule has 2 aromatic carbocycles. The van der Waals surface area contributed by atoms with Crippen LogP contribution in [0, 0.1) is 5.92 Å². The van der Waals surface area contributed by atoms with Crippen LogP contribution in [0.3, 0.4) is 0 Å². The SMILES string of the molecule is CCCCN(C(=O)CN1C[C@H](c2cc(OC)c3c(c2)OCO3)[C@@H](C(=O)O)[C@@H]1CCN1C(=O)CCN(C)C1=O)c1cccc(CN)c1. The molecule has 3 heterocycles. The zero-order valence-electron chi connectivity index (χ0n) is 26.6. The number of methoxy groups -OCH3 is 1. The van der Waals surface area contributed by atoms with Crippen LogP contribution in [0.4, 0.5) is 10.5 Å². The van der Waals surface area contributed by atoms with E-state index in [0.29, 0.717) is 42.4 Å². The molecule has 0 bridgehead atoms. The third-order valence-corrected chi connectivity index (χ3v) is 9.14. The number of nitrogens with zero attached hydrogens (tertiary/aromatic N) is 4. The molecule has 0 aliphatic carbocycles. The lowest BCUT2D eigenvalue weighted by molar-refractivity contribution is -0.143. The van der Waals surface area contributed by atoms with Gasteiger partial charge in [0.25, 0.3) is 0 Å². The van der Waals surface area contributed by atoms with E-state index in [-0.39, 0.29) is 51.1 Å². The number of anilines is 1. The van der Waals surface area contributed by atoms with Crippen LogP contribution < -0.4 is 24.8 Å². The first-order chi connectivity index (χ1) is 22.2. The van der Waals surface area contributed by atoms with Crippen LogP contribution in [0.1, 0.15) is 49.7 Å². The molecule has 3 atom stereocenters. The van der Waals surface area contributed by atoms with Crippen molar-refractivity contribution < 1.29 is 38.5 Å². The predicted molar refractivity (Wildman–Crippen MR) is 169 cm³/mol. The molecular formula is C33H43N5O8. The molecule has 3 aliphatic rings. The lowest BCUT2D eigenvalue weighted by Gasteiger charge is -2.34. The van der Waals surface area contributed by atoms with Crippen LogP contribution in [-0.4, -0.2) is 103 Å². The maximum atomic E-state index is 14.1. The number of carboxylic acids is 1. The number of aliphatic carboxylic acids is 1.